The van der Waals surface area contributed by atoms with Crippen molar-refractivity contribution in [3.8, 4) is 0 Å². The van der Waals surface area contributed by atoms with Crippen molar-refractivity contribution >= 4 is 27.5 Å². The standard InChI is InChI=1S/C15H12BrClF2/c1-8-3-9(2)5-10(4-8)15(17)11-6-14(19)12(16)7-13(11)18/h3-7,15H,1-2H3. The van der Waals surface area contributed by atoms with Gasteiger partial charge in [-0.05, 0) is 47.5 Å². The van der Waals surface area contributed by atoms with Crippen LogP contribution in [-0.2, 0) is 0 Å². The van der Waals surface area contributed by atoms with E-state index in [9.17, 15) is 8.78 Å². The van der Waals surface area contributed by atoms with Crippen molar-refractivity contribution in [2.24, 2.45) is 0 Å². The zero-order chi connectivity index (χ0) is 14.2. The molecule has 0 aliphatic carbocycles. The Morgan fingerprint density at radius 3 is 2.11 bits per heavy atom. The van der Waals surface area contributed by atoms with Gasteiger partial charge in [0.15, 0.2) is 0 Å². The number of rotatable bonds is 2. The topological polar surface area (TPSA) is 0 Å². The molecule has 1 unspecified atom stereocenters. The van der Waals surface area contributed by atoms with Crippen LogP contribution in [0.1, 0.15) is 27.6 Å². The van der Waals surface area contributed by atoms with Gasteiger partial charge in [-0.1, -0.05) is 29.3 Å². The van der Waals surface area contributed by atoms with Crippen LogP contribution in [0.3, 0.4) is 0 Å². The molecule has 0 saturated carbocycles. The number of hydrogen-bond donors (Lipinski definition) is 0. The molecule has 0 fully saturated rings. The Kier molecular flexibility index (Phi) is 4.26. The smallest absolute Gasteiger partial charge is 0.137 e. The molecular weight excluding hydrogens is 334 g/mol. The Labute approximate surface area is 124 Å². The summed E-state index contributed by atoms with van der Waals surface area (Å²) in [5.74, 6) is -1.04. The minimum absolute atomic E-state index is 0.0954. The molecule has 4 heteroatoms. The van der Waals surface area contributed by atoms with Gasteiger partial charge in [-0.3, -0.25) is 0 Å². The molecule has 2 rings (SSSR count). The largest absolute Gasteiger partial charge is 0.207 e. The average Bonchev–Trinajstić information content (AvgIpc) is 2.31. The lowest BCUT2D eigenvalue weighted by Gasteiger charge is -2.14. The van der Waals surface area contributed by atoms with E-state index in [1.54, 1.807) is 0 Å². The summed E-state index contributed by atoms with van der Waals surface area (Å²) < 4.78 is 27.5. The van der Waals surface area contributed by atoms with E-state index in [-0.39, 0.29) is 10.0 Å². The highest BCUT2D eigenvalue weighted by Crippen LogP contribution is 2.33. The van der Waals surface area contributed by atoms with E-state index in [0.29, 0.717) is 0 Å². The highest BCUT2D eigenvalue weighted by atomic mass is 79.9. The lowest BCUT2D eigenvalue weighted by atomic mass is 10.00. The molecule has 0 saturated heterocycles. The molecule has 0 spiro atoms. The minimum Gasteiger partial charge on any atom is -0.207 e. The van der Waals surface area contributed by atoms with Crippen LogP contribution in [0.4, 0.5) is 8.78 Å². The van der Waals surface area contributed by atoms with Crippen LogP contribution in [0.5, 0.6) is 0 Å². The van der Waals surface area contributed by atoms with Gasteiger partial charge >= 0.3 is 0 Å². The maximum absolute atomic E-state index is 13.9. The van der Waals surface area contributed by atoms with E-state index >= 15 is 0 Å². The zero-order valence-electron chi connectivity index (χ0n) is 10.5. The first-order chi connectivity index (χ1) is 8.88. The van der Waals surface area contributed by atoms with E-state index in [0.717, 1.165) is 28.8 Å². The third kappa shape index (κ3) is 3.15. The molecule has 19 heavy (non-hydrogen) atoms. The Bertz CT molecular complexity index is 606. The lowest BCUT2D eigenvalue weighted by molar-refractivity contribution is 0.582. The second-order valence-corrected chi connectivity index (χ2v) is 5.86. The summed E-state index contributed by atoms with van der Waals surface area (Å²) in [4.78, 5) is 0. The Balaban J connectivity index is 2.49. The molecule has 2 aromatic carbocycles. The zero-order valence-corrected chi connectivity index (χ0v) is 12.8. The minimum atomic E-state index is -0.707. The van der Waals surface area contributed by atoms with Gasteiger partial charge < -0.3 is 0 Å². The van der Waals surface area contributed by atoms with Gasteiger partial charge in [0.1, 0.15) is 11.6 Å². The maximum atomic E-state index is 13.9. The summed E-state index contributed by atoms with van der Waals surface area (Å²) >= 11 is 9.23. The summed E-state index contributed by atoms with van der Waals surface area (Å²) in [5, 5.41) is -0.707. The summed E-state index contributed by atoms with van der Waals surface area (Å²) in [6, 6.07) is 8.00. The van der Waals surface area contributed by atoms with Gasteiger partial charge in [0.2, 0.25) is 0 Å². The van der Waals surface area contributed by atoms with E-state index in [1.165, 1.54) is 0 Å². The van der Waals surface area contributed by atoms with Gasteiger partial charge in [-0.25, -0.2) is 8.78 Å². The molecule has 0 amide bonds. The average molecular weight is 346 g/mol. The highest BCUT2D eigenvalue weighted by molar-refractivity contribution is 9.10. The number of aryl methyl sites for hydroxylation is 2. The van der Waals surface area contributed by atoms with E-state index in [2.05, 4.69) is 15.9 Å². The fraction of sp³-hybridized carbons (Fsp3) is 0.200. The quantitative estimate of drug-likeness (QED) is 0.486. The van der Waals surface area contributed by atoms with Crippen LogP contribution >= 0.6 is 27.5 Å². The summed E-state index contributed by atoms with van der Waals surface area (Å²) in [7, 11) is 0. The summed E-state index contributed by atoms with van der Waals surface area (Å²) in [6.45, 7) is 3.89. The third-order valence-corrected chi connectivity index (χ3v) is 3.94. The van der Waals surface area contributed by atoms with Gasteiger partial charge in [-0.15, -0.1) is 11.6 Å². The first-order valence-corrected chi connectivity index (χ1v) is 6.98. The van der Waals surface area contributed by atoms with E-state index < -0.39 is 17.0 Å². The van der Waals surface area contributed by atoms with Crippen LogP contribution in [0.2, 0.25) is 0 Å². The van der Waals surface area contributed by atoms with Gasteiger partial charge in [0.05, 0.1) is 9.85 Å². The summed E-state index contributed by atoms with van der Waals surface area (Å²) in [6.07, 6.45) is 0. The molecule has 0 heterocycles. The molecule has 1 atom stereocenters. The number of halogens is 4. The first kappa shape index (κ1) is 14.5. The molecule has 0 radical (unpaired) electrons. The van der Waals surface area contributed by atoms with Crippen molar-refractivity contribution in [3.05, 3.63) is 68.7 Å². The number of alkyl halides is 1. The van der Waals surface area contributed by atoms with Crippen LogP contribution in [0.25, 0.3) is 0 Å². The fourth-order valence-electron chi connectivity index (χ4n) is 2.07. The molecule has 100 valence electrons. The third-order valence-electron chi connectivity index (χ3n) is 2.85. The van der Waals surface area contributed by atoms with Gasteiger partial charge in [-0.2, -0.15) is 0 Å². The highest BCUT2D eigenvalue weighted by Gasteiger charge is 2.18. The first-order valence-electron chi connectivity index (χ1n) is 5.75. The molecule has 0 aliphatic heterocycles. The SMILES string of the molecule is Cc1cc(C)cc(C(Cl)c2cc(F)c(Br)cc2F)c1. The van der Waals surface area contributed by atoms with Crippen molar-refractivity contribution in [3.63, 3.8) is 0 Å². The fourth-order valence-corrected chi connectivity index (χ4v) is 2.68. The van der Waals surface area contributed by atoms with E-state index in [1.807, 2.05) is 32.0 Å². The van der Waals surface area contributed by atoms with Crippen molar-refractivity contribution in [1.29, 1.82) is 0 Å². The van der Waals surface area contributed by atoms with E-state index in [4.69, 9.17) is 11.6 Å². The molecule has 2 aromatic rings. The van der Waals surface area contributed by atoms with Crippen LogP contribution in [0.15, 0.2) is 34.8 Å². The predicted octanol–water partition coefficient (Wildman–Crippen LogP) is 5.67. The second-order valence-electron chi connectivity index (χ2n) is 4.57. The van der Waals surface area contributed by atoms with Crippen molar-refractivity contribution in [1.82, 2.24) is 0 Å². The van der Waals surface area contributed by atoms with Crippen molar-refractivity contribution < 1.29 is 8.78 Å². The maximum Gasteiger partial charge on any atom is 0.137 e. The lowest BCUT2D eigenvalue weighted by Crippen LogP contribution is -2.00. The molecular formula is C15H12BrClF2. The molecule has 0 nitrogen and oxygen atoms in total. The molecule has 0 N–H and O–H groups in total. The molecule has 0 aromatic heterocycles. The monoisotopic (exact) mass is 344 g/mol. The van der Waals surface area contributed by atoms with Crippen LogP contribution < -0.4 is 0 Å². The second kappa shape index (κ2) is 5.59. The predicted molar refractivity (Wildman–Crippen MR) is 77.7 cm³/mol. The molecule has 0 aliphatic rings. The van der Waals surface area contributed by atoms with Gasteiger partial charge in [0.25, 0.3) is 0 Å². The normalized spacial score (nSPS) is 12.5. The van der Waals surface area contributed by atoms with Crippen LogP contribution in [-0.4, -0.2) is 0 Å². The van der Waals surface area contributed by atoms with Crippen LogP contribution in [0, 0.1) is 25.5 Å². The Morgan fingerprint density at radius 1 is 0.947 bits per heavy atom. The Morgan fingerprint density at radius 2 is 1.53 bits per heavy atom. The Hall–Kier alpha value is -0.930. The van der Waals surface area contributed by atoms with Gasteiger partial charge in [0, 0.05) is 5.56 Å². The number of hydrogen-bond acceptors (Lipinski definition) is 0. The summed E-state index contributed by atoms with van der Waals surface area (Å²) in [5.41, 5.74) is 2.99. The number of benzene rings is 2. The van der Waals surface area contributed by atoms with Crippen molar-refractivity contribution in [2.45, 2.75) is 19.2 Å². The molecule has 0 bridgehead atoms. The van der Waals surface area contributed by atoms with Crippen molar-refractivity contribution in [2.75, 3.05) is 0 Å².